The minimum absolute atomic E-state index is 0.0694. The van der Waals surface area contributed by atoms with Crippen LogP contribution in [0.25, 0.3) is 0 Å². The Morgan fingerprint density at radius 1 is 1.20 bits per heavy atom. The molecule has 0 spiro atoms. The van der Waals surface area contributed by atoms with Gasteiger partial charge in [-0.2, -0.15) is 0 Å². The van der Waals surface area contributed by atoms with Crippen molar-refractivity contribution in [3.8, 4) is 0 Å². The van der Waals surface area contributed by atoms with Crippen molar-refractivity contribution in [3.05, 3.63) is 0 Å². The van der Waals surface area contributed by atoms with Crippen LogP contribution in [0.3, 0.4) is 0 Å². The van der Waals surface area contributed by atoms with Crippen molar-refractivity contribution < 1.29 is 19.4 Å². The second-order valence-electron chi connectivity index (χ2n) is 5.33. The fourth-order valence-electron chi connectivity index (χ4n) is 2.64. The van der Waals surface area contributed by atoms with E-state index in [1.807, 2.05) is 0 Å². The summed E-state index contributed by atoms with van der Waals surface area (Å²) in [7, 11) is 1.68. The molecule has 2 unspecified atom stereocenters. The predicted octanol–water partition coefficient (Wildman–Crippen LogP) is 1.60. The van der Waals surface area contributed by atoms with E-state index in [4.69, 9.17) is 9.84 Å². The smallest absolute Gasteiger partial charge is 0.314 e. The number of methoxy groups -OCH3 is 1. The Morgan fingerprint density at radius 3 is 2.70 bits per heavy atom. The lowest BCUT2D eigenvalue weighted by Crippen LogP contribution is -2.40. The van der Waals surface area contributed by atoms with E-state index in [9.17, 15) is 9.59 Å². The molecule has 2 amide bonds. The van der Waals surface area contributed by atoms with Crippen LogP contribution < -0.4 is 10.6 Å². The van der Waals surface area contributed by atoms with Gasteiger partial charge in [-0.1, -0.05) is 6.42 Å². The quantitative estimate of drug-likeness (QED) is 0.562. The zero-order valence-electron chi connectivity index (χ0n) is 12.2. The monoisotopic (exact) mass is 286 g/mol. The molecule has 0 aromatic rings. The Morgan fingerprint density at radius 2 is 2.00 bits per heavy atom. The topological polar surface area (TPSA) is 87.7 Å². The van der Waals surface area contributed by atoms with Crippen molar-refractivity contribution in [1.82, 2.24) is 10.6 Å². The fraction of sp³-hybridized carbons (Fsp3) is 0.857. The Kier molecular flexibility index (Phi) is 8.02. The van der Waals surface area contributed by atoms with Crippen molar-refractivity contribution in [2.75, 3.05) is 26.8 Å². The third-order valence-corrected chi connectivity index (χ3v) is 3.81. The van der Waals surface area contributed by atoms with Crippen molar-refractivity contribution in [1.29, 1.82) is 0 Å². The van der Waals surface area contributed by atoms with Crippen LogP contribution in [-0.4, -0.2) is 43.9 Å². The molecule has 2 atom stereocenters. The highest BCUT2D eigenvalue weighted by atomic mass is 16.5. The van der Waals surface area contributed by atoms with Crippen LogP contribution in [0.4, 0.5) is 4.79 Å². The van der Waals surface area contributed by atoms with Crippen LogP contribution in [0.1, 0.15) is 38.5 Å². The van der Waals surface area contributed by atoms with Gasteiger partial charge in [0, 0.05) is 26.8 Å². The number of urea groups is 1. The van der Waals surface area contributed by atoms with E-state index in [1.165, 1.54) is 0 Å². The van der Waals surface area contributed by atoms with E-state index < -0.39 is 5.97 Å². The zero-order valence-corrected chi connectivity index (χ0v) is 12.2. The molecule has 3 N–H and O–H groups in total. The summed E-state index contributed by atoms with van der Waals surface area (Å²) in [4.78, 5) is 22.6. The molecule has 0 bridgehead atoms. The predicted molar refractivity (Wildman–Crippen MR) is 75.6 cm³/mol. The van der Waals surface area contributed by atoms with Crippen molar-refractivity contribution in [3.63, 3.8) is 0 Å². The molecule has 1 rings (SSSR count). The summed E-state index contributed by atoms with van der Waals surface area (Å²) in [6.45, 7) is 1.85. The van der Waals surface area contributed by atoms with Crippen LogP contribution in [0.15, 0.2) is 0 Å². The number of carbonyl (C=O) groups is 2. The first-order valence-corrected chi connectivity index (χ1v) is 7.38. The Bertz CT molecular complexity index is 310. The molecule has 0 saturated heterocycles. The van der Waals surface area contributed by atoms with Crippen molar-refractivity contribution >= 4 is 12.0 Å². The normalized spacial score (nSPS) is 21.6. The Labute approximate surface area is 120 Å². The molecule has 6 nitrogen and oxygen atoms in total. The van der Waals surface area contributed by atoms with Gasteiger partial charge in [0.05, 0.1) is 5.92 Å². The number of aliphatic carboxylic acids is 1. The van der Waals surface area contributed by atoms with Crippen molar-refractivity contribution in [2.45, 2.75) is 38.5 Å². The summed E-state index contributed by atoms with van der Waals surface area (Å²) in [6.07, 6.45) is 5.50. The van der Waals surface area contributed by atoms with Gasteiger partial charge in [0.2, 0.25) is 0 Å². The van der Waals surface area contributed by atoms with Gasteiger partial charge >= 0.3 is 12.0 Å². The van der Waals surface area contributed by atoms with E-state index >= 15 is 0 Å². The zero-order chi connectivity index (χ0) is 14.8. The molecule has 1 saturated carbocycles. The first-order chi connectivity index (χ1) is 9.65. The lowest BCUT2D eigenvalue weighted by Gasteiger charge is -2.16. The largest absolute Gasteiger partial charge is 0.481 e. The van der Waals surface area contributed by atoms with E-state index in [0.717, 1.165) is 45.1 Å². The average molecular weight is 286 g/mol. The van der Waals surface area contributed by atoms with Crippen LogP contribution in [0.2, 0.25) is 0 Å². The lowest BCUT2D eigenvalue weighted by molar-refractivity contribution is -0.142. The third kappa shape index (κ3) is 6.23. The molecule has 0 aromatic carbocycles. The Hall–Kier alpha value is -1.30. The number of hydrogen-bond donors (Lipinski definition) is 3. The SMILES string of the molecule is COCCCCCNC(=O)NCC1CCCC1C(=O)O. The van der Waals surface area contributed by atoms with Gasteiger partial charge in [0.1, 0.15) is 0 Å². The van der Waals surface area contributed by atoms with E-state index in [2.05, 4.69) is 10.6 Å². The highest BCUT2D eigenvalue weighted by Gasteiger charge is 2.32. The summed E-state index contributed by atoms with van der Waals surface area (Å²) >= 11 is 0. The highest BCUT2D eigenvalue weighted by Crippen LogP contribution is 2.31. The van der Waals surface area contributed by atoms with E-state index in [1.54, 1.807) is 7.11 Å². The molecule has 1 aliphatic rings. The van der Waals surface area contributed by atoms with Gasteiger partial charge < -0.3 is 20.5 Å². The highest BCUT2D eigenvalue weighted by molar-refractivity contribution is 5.74. The number of carboxylic acids is 1. The molecule has 116 valence electrons. The fourth-order valence-corrected chi connectivity index (χ4v) is 2.64. The van der Waals surface area contributed by atoms with Gasteiger partial charge in [-0.15, -0.1) is 0 Å². The summed E-state index contributed by atoms with van der Waals surface area (Å²) < 4.78 is 4.95. The minimum atomic E-state index is -0.743. The number of hydrogen-bond acceptors (Lipinski definition) is 3. The number of nitrogens with one attached hydrogen (secondary N) is 2. The van der Waals surface area contributed by atoms with E-state index in [0.29, 0.717) is 13.1 Å². The van der Waals surface area contributed by atoms with Crippen LogP contribution in [-0.2, 0) is 9.53 Å². The van der Waals surface area contributed by atoms with Crippen LogP contribution in [0.5, 0.6) is 0 Å². The maximum Gasteiger partial charge on any atom is 0.314 e. The molecular weight excluding hydrogens is 260 g/mol. The van der Waals surface area contributed by atoms with Gasteiger partial charge in [0.15, 0.2) is 0 Å². The maximum absolute atomic E-state index is 11.6. The molecule has 1 fully saturated rings. The second kappa shape index (κ2) is 9.58. The Balaban J connectivity index is 2.06. The average Bonchev–Trinajstić information content (AvgIpc) is 2.89. The second-order valence-corrected chi connectivity index (χ2v) is 5.33. The van der Waals surface area contributed by atoms with Crippen molar-refractivity contribution in [2.24, 2.45) is 11.8 Å². The van der Waals surface area contributed by atoms with E-state index in [-0.39, 0.29) is 17.9 Å². The number of carboxylic acid groups (broad SMARTS) is 1. The van der Waals surface area contributed by atoms with Gasteiger partial charge in [0.25, 0.3) is 0 Å². The molecule has 0 radical (unpaired) electrons. The lowest BCUT2D eigenvalue weighted by atomic mass is 9.96. The summed E-state index contributed by atoms with van der Waals surface area (Å²) in [5.74, 6) is -0.975. The molecule has 0 heterocycles. The number of unbranched alkanes of at least 4 members (excludes halogenated alkanes) is 2. The molecular formula is C14H26N2O4. The first-order valence-electron chi connectivity index (χ1n) is 7.38. The van der Waals surface area contributed by atoms with Gasteiger partial charge in [-0.05, 0) is 38.0 Å². The van der Waals surface area contributed by atoms with Crippen LogP contribution in [0, 0.1) is 11.8 Å². The summed E-state index contributed by atoms with van der Waals surface area (Å²) in [5, 5.41) is 14.6. The number of rotatable bonds is 9. The number of carbonyl (C=O) groups excluding carboxylic acids is 1. The standard InChI is InChI=1S/C14H26N2O4/c1-20-9-4-2-3-8-15-14(19)16-10-11-6-5-7-12(11)13(17)18/h11-12H,2-10H2,1H3,(H,17,18)(H2,15,16,19). The summed E-state index contributed by atoms with van der Waals surface area (Å²) in [6, 6.07) is -0.201. The van der Waals surface area contributed by atoms with Gasteiger partial charge in [-0.25, -0.2) is 4.79 Å². The molecule has 20 heavy (non-hydrogen) atoms. The molecule has 6 heteroatoms. The molecule has 0 aromatic heterocycles. The number of ether oxygens (including phenoxy) is 1. The van der Waals surface area contributed by atoms with Crippen LogP contribution >= 0.6 is 0 Å². The summed E-state index contributed by atoms with van der Waals surface area (Å²) in [5.41, 5.74) is 0. The first kappa shape index (κ1) is 16.8. The third-order valence-electron chi connectivity index (χ3n) is 3.81. The number of amides is 2. The molecule has 1 aliphatic carbocycles. The molecule has 0 aliphatic heterocycles. The maximum atomic E-state index is 11.6. The van der Waals surface area contributed by atoms with Gasteiger partial charge in [-0.3, -0.25) is 4.79 Å². The minimum Gasteiger partial charge on any atom is -0.481 e.